The number of carbonyl (C=O) groups excluding carboxylic acids is 1. The van der Waals surface area contributed by atoms with Crippen LogP contribution in [0.3, 0.4) is 0 Å². The molecule has 1 amide bonds. The molecule has 0 bridgehead atoms. The quantitative estimate of drug-likeness (QED) is 0.636. The molecule has 1 aromatic heterocycles. The van der Waals surface area contributed by atoms with Gasteiger partial charge in [-0.15, -0.1) is 0 Å². The molecule has 3 rings (SSSR count). The van der Waals surface area contributed by atoms with E-state index in [4.69, 9.17) is 16.0 Å². The topological polar surface area (TPSA) is 33.5 Å². The SMILES string of the molecule is C[C@@H](c1cc2ccccc2o1)N(C)C(=O)CCc1ccccc1Cl. The first-order valence-electron chi connectivity index (χ1n) is 8.04. The van der Waals surface area contributed by atoms with E-state index in [1.54, 1.807) is 4.90 Å². The van der Waals surface area contributed by atoms with E-state index >= 15 is 0 Å². The molecule has 1 atom stereocenters. The molecular weight excluding hydrogens is 322 g/mol. The molecule has 124 valence electrons. The fourth-order valence-corrected chi connectivity index (χ4v) is 2.96. The van der Waals surface area contributed by atoms with Gasteiger partial charge in [-0.25, -0.2) is 0 Å². The standard InChI is InChI=1S/C20H20ClNO2/c1-14(19-13-16-8-4-6-10-18(16)24-19)22(2)20(23)12-11-15-7-3-5-9-17(15)21/h3-10,13-14H,11-12H2,1-2H3/t14-/m0/s1. The monoisotopic (exact) mass is 341 g/mol. The Hall–Kier alpha value is -2.26. The molecule has 2 aromatic carbocycles. The van der Waals surface area contributed by atoms with Crippen LogP contribution in [0, 0.1) is 0 Å². The number of benzene rings is 2. The highest BCUT2D eigenvalue weighted by atomic mass is 35.5. The Morgan fingerprint density at radius 2 is 1.88 bits per heavy atom. The minimum atomic E-state index is -0.115. The van der Waals surface area contributed by atoms with Gasteiger partial charge in [-0.2, -0.15) is 0 Å². The third-order valence-corrected chi connectivity index (χ3v) is 4.77. The second-order valence-corrected chi connectivity index (χ2v) is 6.37. The van der Waals surface area contributed by atoms with E-state index < -0.39 is 0 Å². The Balaban J connectivity index is 1.67. The molecule has 3 aromatic rings. The second-order valence-electron chi connectivity index (χ2n) is 5.96. The molecule has 4 heteroatoms. The van der Waals surface area contributed by atoms with Crippen LogP contribution in [0.25, 0.3) is 11.0 Å². The minimum Gasteiger partial charge on any atom is -0.459 e. The summed E-state index contributed by atoms with van der Waals surface area (Å²) < 4.78 is 5.87. The molecule has 0 radical (unpaired) electrons. The Kier molecular flexibility index (Phi) is 4.91. The van der Waals surface area contributed by atoms with Crippen molar-refractivity contribution in [2.45, 2.75) is 25.8 Å². The van der Waals surface area contributed by atoms with Crippen LogP contribution < -0.4 is 0 Å². The largest absolute Gasteiger partial charge is 0.459 e. The molecule has 0 spiro atoms. The highest BCUT2D eigenvalue weighted by Crippen LogP contribution is 2.27. The van der Waals surface area contributed by atoms with Crippen molar-refractivity contribution in [3.05, 3.63) is 70.9 Å². The summed E-state index contributed by atoms with van der Waals surface area (Å²) in [5, 5.41) is 1.76. The van der Waals surface area contributed by atoms with Gasteiger partial charge < -0.3 is 9.32 Å². The molecule has 0 unspecified atom stereocenters. The van der Waals surface area contributed by atoms with E-state index in [1.165, 1.54) is 0 Å². The molecule has 1 heterocycles. The number of carbonyl (C=O) groups is 1. The summed E-state index contributed by atoms with van der Waals surface area (Å²) in [6.07, 6.45) is 1.06. The number of rotatable bonds is 5. The van der Waals surface area contributed by atoms with Crippen LogP contribution in [0.1, 0.15) is 30.7 Å². The fraction of sp³-hybridized carbons (Fsp3) is 0.250. The van der Waals surface area contributed by atoms with E-state index in [0.717, 1.165) is 22.3 Å². The van der Waals surface area contributed by atoms with Crippen LogP contribution in [0.5, 0.6) is 0 Å². The number of hydrogen-bond donors (Lipinski definition) is 0. The number of aryl methyl sites for hydroxylation is 1. The van der Waals surface area contributed by atoms with Gasteiger partial charge in [-0.3, -0.25) is 4.79 Å². The first kappa shape index (κ1) is 16.6. The molecular formula is C20H20ClNO2. The van der Waals surface area contributed by atoms with Crippen molar-refractivity contribution in [2.75, 3.05) is 7.05 Å². The van der Waals surface area contributed by atoms with Crippen molar-refractivity contribution < 1.29 is 9.21 Å². The van der Waals surface area contributed by atoms with Gasteiger partial charge in [-0.05, 0) is 37.1 Å². The first-order chi connectivity index (χ1) is 11.6. The average Bonchev–Trinajstić information content (AvgIpc) is 3.03. The van der Waals surface area contributed by atoms with Gasteiger partial charge in [0.2, 0.25) is 5.91 Å². The Morgan fingerprint density at radius 3 is 2.62 bits per heavy atom. The van der Waals surface area contributed by atoms with Gasteiger partial charge in [-0.1, -0.05) is 48.0 Å². The van der Waals surface area contributed by atoms with Gasteiger partial charge in [0.15, 0.2) is 0 Å². The summed E-state index contributed by atoms with van der Waals surface area (Å²) in [4.78, 5) is 14.2. The fourth-order valence-electron chi connectivity index (χ4n) is 2.73. The van der Waals surface area contributed by atoms with E-state index in [9.17, 15) is 4.79 Å². The van der Waals surface area contributed by atoms with Gasteiger partial charge in [0, 0.05) is 23.9 Å². The van der Waals surface area contributed by atoms with E-state index in [1.807, 2.05) is 68.6 Å². The summed E-state index contributed by atoms with van der Waals surface area (Å²) in [5.41, 5.74) is 1.84. The summed E-state index contributed by atoms with van der Waals surface area (Å²) in [6, 6.07) is 17.4. The van der Waals surface area contributed by atoms with Crippen LogP contribution in [0.15, 0.2) is 59.0 Å². The maximum Gasteiger partial charge on any atom is 0.223 e. The van der Waals surface area contributed by atoms with Crippen LogP contribution >= 0.6 is 11.6 Å². The van der Waals surface area contributed by atoms with E-state index in [2.05, 4.69) is 0 Å². The zero-order valence-corrected chi connectivity index (χ0v) is 14.6. The lowest BCUT2D eigenvalue weighted by Crippen LogP contribution is -2.29. The summed E-state index contributed by atoms with van der Waals surface area (Å²) in [7, 11) is 1.81. The number of para-hydroxylation sites is 1. The predicted molar refractivity (Wildman–Crippen MR) is 97.2 cm³/mol. The van der Waals surface area contributed by atoms with Crippen molar-refractivity contribution in [1.29, 1.82) is 0 Å². The zero-order valence-electron chi connectivity index (χ0n) is 13.8. The third kappa shape index (κ3) is 3.46. The summed E-state index contributed by atoms with van der Waals surface area (Å²) in [5.74, 6) is 0.868. The normalized spacial score (nSPS) is 12.3. The lowest BCUT2D eigenvalue weighted by molar-refractivity contribution is -0.132. The summed E-state index contributed by atoms with van der Waals surface area (Å²) >= 11 is 6.15. The third-order valence-electron chi connectivity index (χ3n) is 4.40. The molecule has 0 fully saturated rings. The van der Waals surface area contributed by atoms with Crippen LogP contribution in [-0.2, 0) is 11.2 Å². The molecule has 0 saturated carbocycles. The Morgan fingerprint density at radius 1 is 1.17 bits per heavy atom. The Bertz CT molecular complexity index is 822. The maximum atomic E-state index is 12.5. The number of halogens is 1. The number of furan rings is 1. The van der Waals surface area contributed by atoms with Crippen LogP contribution in [-0.4, -0.2) is 17.9 Å². The van der Waals surface area contributed by atoms with Gasteiger partial charge in [0.25, 0.3) is 0 Å². The molecule has 0 saturated heterocycles. The predicted octanol–water partition coefficient (Wildman–Crippen LogP) is 5.24. The number of hydrogen-bond acceptors (Lipinski definition) is 2. The van der Waals surface area contributed by atoms with Crippen molar-refractivity contribution in [2.24, 2.45) is 0 Å². The molecule has 0 N–H and O–H groups in total. The zero-order chi connectivity index (χ0) is 17.1. The highest BCUT2D eigenvalue weighted by molar-refractivity contribution is 6.31. The molecule has 0 aliphatic carbocycles. The molecule has 0 aliphatic rings. The van der Waals surface area contributed by atoms with E-state index in [0.29, 0.717) is 17.9 Å². The average molecular weight is 342 g/mol. The first-order valence-corrected chi connectivity index (χ1v) is 8.41. The van der Waals surface area contributed by atoms with Crippen LogP contribution in [0.4, 0.5) is 0 Å². The van der Waals surface area contributed by atoms with Gasteiger partial charge >= 0.3 is 0 Å². The molecule has 3 nitrogen and oxygen atoms in total. The number of fused-ring (bicyclic) bond motifs is 1. The molecule has 0 aliphatic heterocycles. The lowest BCUT2D eigenvalue weighted by atomic mass is 10.1. The number of nitrogens with zero attached hydrogens (tertiary/aromatic N) is 1. The van der Waals surface area contributed by atoms with E-state index in [-0.39, 0.29) is 11.9 Å². The van der Waals surface area contributed by atoms with Gasteiger partial charge in [0.1, 0.15) is 11.3 Å². The Labute approximate surface area is 146 Å². The number of amides is 1. The van der Waals surface area contributed by atoms with Crippen LogP contribution in [0.2, 0.25) is 5.02 Å². The van der Waals surface area contributed by atoms with Gasteiger partial charge in [0.05, 0.1) is 6.04 Å². The van der Waals surface area contributed by atoms with Crippen molar-refractivity contribution in [1.82, 2.24) is 4.90 Å². The second kappa shape index (κ2) is 7.10. The van der Waals surface area contributed by atoms with Crippen molar-refractivity contribution >= 4 is 28.5 Å². The summed E-state index contributed by atoms with van der Waals surface area (Å²) in [6.45, 7) is 1.98. The lowest BCUT2D eigenvalue weighted by Gasteiger charge is -2.23. The maximum absolute atomic E-state index is 12.5. The minimum absolute atomic E-state index is 0.0721. The smallest absolute Gasteiger partial charge is 0.223 e. The van der Waals surface area contributed by atoms with Crippen molar-refractivity contribution in [3.8, 4) is 0 Å². The highest BCUT2D eigenvalue weighted by Gasteiger charge is 2.20. The molecule has 24 heavy (non-hydrogen) atoms. The van der Waals surface area contributed by atoms with Crippen molar-refractivity contribution in [3.63, 3.8) is 0 Å².